The van der Waals surface area contributed by atoms with Gasteiger partial charge in [0.1, 0.15) is 17.2 Å². The van der Waals surface area contributed by atoms with Gasteiger partial charge < -0.3 is 15.2 Å². The van der Waals surface area contributed by atoms with Crippen LogP contribution in [-0.2, 0) is 0 Å². The Morgan fingerprint density at radius 2 is 1.90 bits per heavy atom. The molecule has 1 aromatic heterocycles. The standard InChI is InChI=1S/C20H27BrN4O4S/c1-11(2)25(12(3)4)7-6-22-19(28)15-10-30-20(23-15)24-18(27)13-8-17(29-5)14(21)9-16(13)26/h8-12,26H,6-7H2,1-5H3,(H,22,28)(H,23,24,27). The van der Waals surface area contributed by atoms with Crippen LogP contribution in [0.25, 0.3) is 0 Å². The van der Waals surface area contributed by atoms with E-state index in [1.54, 1.807) is 5.38 Å². The van der Waals surface area contributed by atoms with Crippen molar-refractivity contribution in [2.75, 3.05) is 25.5 Å². The molecule has 8 nitrogen and oxygen atoms in total. The summed E-state index contributed by atoms with van der Waals surface area (Å²) in [5, 5.41) is 17.3. The minimum Gasteiger partial charge on any atom is -0.507 e. The number of methoxy groups -OCH3 is 1. The summed E-state index contributed by atoms with van der Waals surface area (Å²) in [6.45, 7) is 9.72. The first-order valence-corrected chi connectivity index (χ1v) is 11.2. The molecule has 0 saturated carbocycles. The summed E-state index contributed by atoms with van der Waals surface area (Å²) in [5.41, 5.74) is 0.271. The molecule has 30 heavy (non-hydrogen) atoms. The number of carbonyl (C=O) groups excluding carboxylic acids is 2. The summed E-state index contributed by atoms with van der Waals surface area (Å²) in [6, 6.07) is 3.57. The van der Waals surface area contributed by atoms with Crippen molar-refractivity contribution >= 4 is 44.2 Å². The second-order valence-electron chi connectivity index (χ2n) is 7.18. The second-order valence-corrected chi connectivity index (χ2v) is 8.89. The lowest BCUT2D eigenvalue weighted by Gasteiger charge is -2.30. The van der Waals surface area contributed by atoms with Crippen molar-refractivity contribution in [3.63, 3.8) is 0 Å². The van der Waals surface area contributed by atoms with E-state index in [0.29, 0.717) is 28.9 Å². The number of nitrogens with zero attached hydrogens (tertiary/aromatic N) is 2. The maximum atomic E-state index is 12.5. The van der Waals surface area contributed by atoms with Crippen LogP contribution in [0.15, 0.2) is 22.0 Å². The molecule has 0 unspecified atom stereocenters. The molecule has 0 aliphatic carbocycles. The van der Waals surface area contributed by atoms with E-state index in [4.69, 9.17) is 4.74 Å². The molecule has 3 N–H and O–H groups in total. The lowest BCUT2D eigenvalue weighted by molar-refractivity contribution is 0.0934. The van der Waals surface area contributed by atoms with Crippen LogP contribution >= 0.6 is 27.3 Å². The third-order valence-corrected chi connectivity index (χ3v) is 5.83. The first kappa shape index (κ1) is 24.1. The van der Waals surface area contributed by atoms with Crippen LogP contribution in [0.1, 0.15) is 48.5 Å². The molecule has 0 aliphatic heterocycles. The molecule has 164 valence electrons. The van der Waals surface area contributed by atoms with Gasteiger partial charge in [-0.2, -0.15) is 0 Å². The van der Waals surface area contributed by atoms with E-state index in [-0.39, 0.29) is 28.0 Å². The Labute approximate surface area is 188 Å². The minimum atomic E-state index is -0.552. The van der Waals surface area contributed by atoms with Crippen LogP contribution in [0.4, 0.5) is 5.13 Å². The van der Waals surface area contributed by atoms with E-state index in [9.17, 15) is 14.7 Å². The van der Waals surface area contributed by atoms with Crippen molar-refractivity contribution in [1.29, 1.82) is 0 Å². The number of halogens is 1. The number of thiazole rings is 1. The predicted molar refractivity (Wildman–Crippen MR) is 122 cm³/mol. The zero-order chi connectivity index (χ0) is 22.4. The number of aromatic hydroxyl groups is 1. The Morgan fingerprint density at radius 3 is 2.50 bits per heavy atom. The summed E-state index contributed by atoms with van der Waals surface area (Å²) >= 11 is 4.38. The van der Waals surface area contributed by atoms with Gasteiger partial charge >= 0.3 is 0 Å². The van der Waals surface area contributed by atoms with E-state index in [2.05, 4.69) is 64.1 Å². The van der Waals surface area contributed by atoms with Crippen LogP contribution in [-0.4, -0.2) is 59.1 Å². The van der Waals surface area contributed by atoms with E-state index in [0.717, 1.165) is 17.9 Å². The zero-order valence-electron chi connectivity index (χ0n) is 17.7. The number of phenols is 1. The number of anilines is 1. The monoisotopic (exact) mass is 498 g/mol. The Morgan fingerprint density at radius 1 is 1.23 bits per heavy atom. The number of benzene rings is 1. The number of amides is 2. The van der Waals surface area contributed by atoms with E-state index >= 15 is 0 Å². The Balaban J connectivity index is 1.98. The van der Waals surface area contributed by atoms with E-state index < -0.39 is 5.91 Å². The number of carbonyl (C=O) groups is 2. The summed E-state index contributed by atoms with van der Waals surface area (Å²) in [7, 11) is 1.46. The lowest BCUT2D eigenvalue weighted by Crippen LogP contribution is -2.42. The van der Waals surface area contributed by atoms with Gasteiger partial charge in [-0.1, -0.05) is 0 Å². The molecule has 2 rings (SSSR count). The normalized spacial score (nSPS) is 11.2. The number of nitrogens with one attached hydrogen (secondary N) is 2. The quantitative estimate of drug-likeness (QED) is 0.486. The van der Waals surface area contributed by atoms with Gasteiger partial charge in [0.2, 0.25) is 0 Å². The maximum Gasteiger partial charge on any atom is 0.270 e. The van der Waals surface area contributed by atoms with Gasteiger partial charge in [-0.05, 0) is 55.8 Å². The lowest BCUT2D eigenvalue weighted by atomic mass is 10.2. The SMILES string of the molecule is COc1cc(C(=O)Nc2nc(C(=O)NCCN(C(C)C)C(C)C)cs2)c(O)cc1Br. The highest BCUT2D eigenvalue weighted by Gasteiger charge is 2.18. The molecule has 1 aromatic carbocycles. The van der Waals surface area contributed by atoms with Gasteiger partial charge in [0.25, 0.3) is 11.8 Å². The second kappa shape index (κ2) is 10.7. The number of ether oxygens (including phenoxy) is 1. The van der Waals surface area contributed by atoms with Crippen molar-refractivity contribution in [3.05, 3.63) is 33.2 Å². The fourth-order valence-electron chi connectivity index (χ4n) is 2.98. The van der Waals surface area contributed by atoms with Crippen LogP contribution in [0, 0.1) is 0 Å². The fraction of sp³-hybridized carbons (Fsp3) is 0.450. The van der Waals surface area contributed by atoms with Crippen molar-refractivity contribution in [3.8, 4) is 11.5 Å². The van der Waals surface area contributed by atoms with Crippen LogP contribution in [0.3, 0.4) is 0 Å². The Hall–Kier alpha value is -2.17. The van der Waals surface area contributed by atoms with Crippen molar-refractivity contribution < 1.29 is 19.4 Å². The summed E-state index contributed by atoms with van der Waals surface area (Å²) in [4.78, 5) is 31.3. The molecule has 2 amide bonds. The van der Waals surface area contributed by atoms with Crippen molar-refractivity contribution in [1.82, 2.24) is 15.2 Å². The predicted octanol–water partition coefficient (Wildman–Crippen LogP) is 3.72. The molecule has 0 radical (unpaired) electrons. The minimum absolute atomic E-state index is 0.0405. The maximum absolute atomic E-state index is 12.5. The molecular weight excluding hydrogens is 472 g/mol. The topological polar surface area (TPSA) is 104 Å². The highest BCUT2D eigenvalue weighted by molar-refractivity contribution is 9.10. The third kappa shape index (κ3) is 6.16. The van der Waals surface area contributed by atoms with Crippen molar-refractivity contribution in [2.45, 2.75) is 39.8 Å². The van der Waals surface area contributed by atoms with Gasteiger partial charge in [0, 0.05) is 30.6 Å². The molecule has 0 aliphatic rings. The average Bonchev–Trinajstić information content (AvgIpc) is 3.13. The number of hydrogen-bond donors (Lipinski definition) is 3. The average molecular weight is 499 g/mol. The first-order valence-electron chi connectivity index (χ1n) is 9.51. The fourth-order valence-corrected chi connectivity index (χ4v) is 4.16. The smallest absolute Gasteiger partial charge is 0.270 e. The highest BCUT2D eigenvalue weighted by Crippen LogP contribution is 2.32. The molecule has 1 heterocycles. The van der Waals surface area contributed by atoms with Gasteiger partial charge in [-0.15, -0.1) is 11.3 Å². The van der Waals surface area contributed by atoms with Gasteiger partial charge in [0.15, 0.2) is 5.13 Å². The number of aromatic nitrogens is 1. The molecule has 2 aromatic rings. The molecular formula is C20H27BrN4O4S. The number of phenolic OH excluding ortho intramolecular Hbond substituents is 1. The van der Waals surface area contributed by atoms with Gasteiger partial charge in [0.05, 0.1) is 17.1 Å². The number of hydrogen-bond acceptors (Lipinski definition) is 7. The molecule has 0 bridgehead atoms. The highest BCUT2D eigenvalue weighted by atomic mass is 79.9. The zero-order valence-corrected chi connectivity index (χ0v) is 20.1. The third-order valence-electron chi connectivity index (χ3n) is 4.45. The van der Waals surface area contributed by atoms with Crippen LogP contribution in [0.5, 0.6) is 11.5 Å². The summed E-state index contributed by atoms with van der Waals surface area (Å²) in [6.07, 6.45) is 0. The summed E-state index contributed by atoms with van der Waals surface area (Å²) < 4.78 is 5.68. The Bertz CT molecular complexity index is 893. The van der Waals surface area contributed by atoms with E-state index in [1.165, 1.54) is 19.2 Å². The molecule has 0 fully saturated rings. The molecule has 10 heteroatoms. The number of rotatable bonds is 9. The largest absolute Gasteiger partial charge is 0.507 e. The van der Waals surface area contributed by atoms with Crippen molar-refractivity contribution in [2.24, 2.45) is 0 Å². The van der Waals surface area contributed by atoms with Crippen LogP contribution in [0.2, 0.25) is 0 Å². The molecule has 0 saturated heterocycles. The summed E-state index contributed by atoms with van der Waals surface area (Å²) in [5.74, 6) is -0.639. The first-order chi connectivity index (χ1) is 14.1. The van der Waals surface area contributed by atoms with E-state index in [1.807, 2.05) is 0 Å². The van der Waals surface area contributed by atoms with Gasteiger partial charge in [-0.3, -0.25) is 19.8 Å². The van der Waals surface area contributed by atoms with Gasteiger partial charge in [-0.25, -0.2) is 4.98 Å². The Kier molecular flexibility index (Phi) is 8.63. The van der Waals surface area contributed by atoms with Crippen LogP contribution < -0.4 is 15.4 Å². The molecule has 0 spiro atoms. The molecule has 0 atom stereocenters.